The fraction of sp³-hybridized carbons (Fsp3) is 0.632. The van der Waals surface area contributed by atoms with Crippen LogP contribution in [0, 0.1) is 5.92 Å². The van der Waals surface area contributed by atoms with Crippen LogP contribution in [0.25, 0.3) is 0 Å². The van der Waals surface area contributed by atoms with E-state index in [1.54, 1.807) is 6.92 Å². The Morgan fingerprint density at radius 1 is 1.30 bits per heavy atom. The van der Waals surface area contributed by atoms with Crippen molar-refractivity contribution in [2.24, 2.45) is 5.92 Å². The molecule has 11 heteroatoms. The van der Waals surface area contributed by atoms with Crippen LogP contribution in [0.5, 0.6) is 5.75 Å². The Bertz CT molecular complexity index is 830. The molecule has 170 valence electrons. The van der Waals surface area contributed by atoms with Gasteiger partial charge in [0.2, 0.25) is 15.9 Å². The summed E-state index contributed by atoms with van der Waals surface area (Å²) in [4.78, 5) is 12.7. The summed E-state index contributed by atoms with van der Waals surface area (Å²) in [6.07, 6.45) is -3.17. The molecular formula is C19H27F3N2O5S. The lowest BCUT2D eigenvalue weighted by atomic mass is 9.98. The largest absolute Gasteiger partial charge is 0.489 e. The molecule has 0 spiro atoms. The van der Waals surface area contributed by atoms with Gasteiger partial charge in [-0.2, -0.15) is 13.2 Å². The van der Waals surface area contributed by atoms with Crippen LogP contribution in [0.2, 0.25) is 0 Å². The number of hydrogen-bond acceptors (Lipinski definition) is 5. The van der Waals surface area contributed by atoms with E-state index in [2.05, 4.69) is 5.32 Å². The molecule has 1 aliphatic rings. The molecule has 0 bridgehead atoms. The molecule has 1 fully saturated rings. The molecule has 2 rings (SSSR count). The molecular weight excluding hydrogens is 425 g/mol. The van der Waals surface area contributed by atoms with E-state index in [1.165, 1.54) is 11.4 Å². The molecule has 7 nitrogen and oxygen atoms in total. The molecule has 0 radical (unpaired) electrons. The number of nitrogens with zero attached hydrogens (tertiary/aromatic N) is 1. The molecule has 1 heterocycles. The Morgan fingerprint density at radius 2 is 2.03 bits per heavy atom. The second-order valence-corrected chi connectivity index (χ2v) is 9.14. The Balaban J connectivity index is 2.19. The van der Waals surface area contributed by atoms with Crippen molar-refractivity contribution in [3.8, 4) is 5.75 Å². The average molecular weight is 452 g/mol. The molecule has 1 unspecified atom stereocenters. The second-order valence-electron chi connectivity index (χ2n) is 7.05. The van der Waals surface area contributed by atoms with Crippen molar-refractivity contribution in [3.63, 3.8) is 0 Å². The number of carbonyl (C=O) groups excluding carboxylic acids is 1. The first kappa shape index (κ1) is 24.4. The number of sulfonamides is 1. The number of piperidine rings is 1. The summed E-state index contributed by atoms with van der Waals surface area (Å²) in [5, 5.41) is 2.50. The van der Waals surface area contributed by atoms with E-state index in [1.807, 2.05) is 0 Å². The van der Waals surface area contributed by atoms with E-state index in [-0.39, 0.29) is 36.9 Å². The number of benzene rings is 1. The van der Waals surface area contributed by atoms with E-state index in [0.29, 0.717) is 25.8 Å². The molecule has 1 aliphatic heterocycles. The molecule has 1 saturated heterocycles. The summed E-state index contributed by atoms with van der Waals surface area (Å²) in [7, 11) is -2.00. The number of alkyl halides is 3. The summed E-state index contributed by atoms with van der Waals surface area (Å²) in [5.74, 6) is -1.12. The number of halogens is 3. The number of ether oxygens (including phenoxy) is 2. The smallest absolute Gasteiger partial charge is 0.416 e. The van der Waals surface area contributed by atoms with Crippen LogP contribution in [0.3, 0.4) is 0 Å². The minimum absolute atomic E-state index is 0.00694. The highest BCUT2D eigenvalue weighted by Crippen LogP contribution is 2.35. The third-order valence-electron chi connectivity index (χ3n) is 4.72. The van der Waals surface area contributed by atoms with E-state index in [9.17, 15) is 26.4 Å². The summed E-state index contributed by atoms with van der Waals surface area (Å²) in [6.45, 7) is 2.41. The van der Waals surface area contributed by atoms with Gasteiger partial charge in [-0.05, 0) is 37.5 Å². The first-order valence-corrected chi connectivity index (χ1v) is 11.3. The molecule has 1 N–H and O–H groups in total. The Morgan fingerprint density at radius 3 is 2.67 bits per heavy atom. The van der Waals surface area contributed by atoms with Crippen LogP contribution in [0.15, 0.2) is 18.2 Å². The van der Waals surface area contributed by atoms with Crippen molar-refractivity contribution < 1.29 is 35.9 Å². The predicted octanol–water partition coefficient (Wildman–Crippen LogP) is 3.12. The third kappa shape index (κ3) is 6.58. The van der Waals surface area contributed by atoms with Gasteiger partial charge in [-0.25, -0.2) is 12.7 Å². The molecule has 1 aromatic carbocycles. The maximum absolute atomic E-state index is 13.1. The van der Waals surface area contributed by atoms with Gasteiger partial charge in [0.25, 0.3) is 0 Å². The van der Waals surface area contributed by atoms with Crippen LogP contribution in [0.1, 0.15) is 31.7 Å². The summed E-state index contributed by atoms with van der Waals surface area (Å²) in [5.41, 5.74) is -1.04. The van der Waals surface area contributed by atoms with Gasteiger partial charge in [0.15, 0.2) is 0 Å². The minimum Gasteiger partial charge on any atom is -0.489 e. The standard InChI is InChI=1S/C19H27F3N2O5S/c1-3-11-30(26,27)24-8-4-5-14(13-24)18(25)23-16-12-15(19(20,21)22)6-7-17(16)29-10-9-28-2/h6-7,12,14H,3-5,8-11,13H2,1-2H3,(H,23,25). The first-order chi connectivity index (χ1) is 14.1. The lowest BCUT2D eigenvalue weighted by molar-refractivity contribution is -0.137. The number of anilines is 1. The molecule has 0 aliphatic carbocycles. The molecule has 1 amide bonds. The van der Waals surface area contributed by atoms with Crippen molar-refractivity contribution >= 4 is 21.6 Å². The number of amides is 1. The van der Waals surface area contributed by atoms with E-state index < -0.39 is 33.6 Å². The highest BCUT2D eigenvalue weighted by molar-refractivity contribution is 7.89. The molecule has 0 aromatic heterocycles. The monoisotopic (exact) mass is 452 g/mol. The Labute approximate surface area is 174 Å². The van der Waals surface area contributed by atoms with Crippen molar-refractivity contribution in [3.05, 3.63) is 23.8 Å². The lowest BCUT2D eigenvalue weighted by Gasteiger charge is -2.31. The molecule has 1 atom stereocenters. The van der Waals surface area contributed by atoms with Crippen molar-refractivity contribution in [2.45, 2.75) is 32.4 Å². The normalized spacial score (nSPS) is 18.2. The van der Waals surface area contributed by atoms with E-state index in [4.69, 9.17) is 9.47 Å². The summed E-state index contributed by atoms with van der Waals surface area (Å²) >= 11 is 0. The lowest BCUT2D eigenvalue weighted by Crippen LogP contribution is -2.44. The van der Waals surface area contributed by atoms with Crippen LogP contribution in [0.4, 0.5) is 18.9 Å². The van der Waals surface area contributed by atoms with Gasteiger partial charge in [0.05, 0.1) is 29.5 Å². The van der Waals surface area contributed by atoms with Crippen molar-refractivity contribution in [2.75, 3.05) is 44.5 Å². The first-order valence-electron chi connectivity index (χ1n) is 9.70. The second kappa shape index (κ2) is 10.5. The van der Waals surface area contributed by atoms with Crippen LogP contribution < -0.4 is 10.1 Å². The fourth-order valence-electron chi connectivity index (χ4n) is 3.20. The van der Waals surface area contributed by atoms with E-state index >= 15 is 0 Å². The zero-order valence-corrected chi connectivity index (χ0v) is 17.8. The summed E-state index contributed by atoms with van der Waals surface area (Å²) in [6, 6.07) is 2.83. The van der Waals surface area contributed by atoms with Crippen molar-refractivity contribution in [1.82, 2.24) is 4.31 Å². The van der Waals surface area contributed by atoms with Crippen LogP contribution in [-0.2, 0) is 25.7 Å². The Hall–Kier alpha value is -1.85. The number of nitrogens with one attached hydrogen (secondary N) is 1. The van der Waals surface area contributed by atoms with E-state index in [0.717, 1.165) is 18.2 Å². The zero-order chi connectivity index (χ0) is 22.4. The zero-order valence-electron chi connectivity index (χ0n) is 17.0. The quantitative estimate of drug-likeness (QED) is 0.582. The van der Waals surface area contributed by atoms with Crippen LogP contribution >= 0.6 is 0 Å². The summed E-state index contributed by atoms with van der Waals surface area (Å²) < 4.78 is 75.5. The van der Waals surface area contributed by atoms with Gasteiger partial charge in [0, 0.05) is 20.2 Å². The van der Waals surface area contributed by atoms with Gasteiger partial charge >= 0.3 is 6.18 Å². The number of hydrogen-bond donors (Lipinski definition) is 1. The fourth-order valence-corrected chi connectivity index (χ4v) is 4.78. The third-order valence-corrected chi connectivity index (χ3v) is 6.76. The number of methoxy groups -OCH3 is 1. The maximum atomic E-state index is 13.1. The van der Waals surface area contributed by atoms with Crippen molar-refractivity contribution in [1.29, 1.82) is 0 Å². The SMILES string of the molecule is CCCS(=O)(=O)N1CCCC(C(=O)Nc2cc(C(F)(F)F)ccc2OCCOC)C1. The topological polar surface area (TPSA) is 84.9 Å². The number of carbonyl (C=O) groups is 1. The van der Waals surface area contributed by atoms with Gasteiger partial charge in [0.1, 0.15) is 12.4 Å². The predicted molar refractivity (Wildman–Crippen MR) is 106 cm³/mol. The highest BCUT2D eigenvalue weighted by Gasteiger charge is 2.34. The minimum atomic E-state index is -4.58. The molecule has 0 saturated carbocycles. The molecule has 1 aromatic rings. The highest BCUT2D eigenvalue weighted by atomic mass is 32.2. The van der Waals surface area contributed by atoms with Crippen LogP contribution in [-0.4, -0.2) is 57.8 Å². The number of rotatable bonds is 9. The Kier molecular flexibility index (Phi) is 8.51. The average Bonchev–Trinajstić information content (AvgIpc) is 2.68. The molecule has 30 heavy (non-hydrogen) atoms. The van der Waals surface area contributed by atoms with Gasteiger partial charge in [-0.15, -0.1) is 0 Å². The maximum Gasteiger partial charge on any atom is 0.416 e. The van der Waals surface area contributed by atoms with Gasteiger partial charge < -0.3 is 14.8 Å². The van der Waals surface area contributed by atoms with Gasteiger partial charge in [-0.3, -0.25) is 4.79 Å². The van der Waals surface area contributed by atoms with Gasteiger partial charge in [-0.1, -0.05) is 6.92 Å².